The van der Waals surface area contributed by atoms with E-state index in [2.05, 4.69) is 10.4 Å². The maximum Gasteiger partial charge on any atom is 0.255 e. The van der Waals surface area contributed by atoms with Crippen LogP contribution >= 0.6 is 0 Å². The predicted octanol–water partition coefficient (Wildman–Crippen LogP) is 3.08. The molecule has 0 aliphatic rings. The highest BCUT2D eigenvalue weighted by molar-refractivity contribution is 7.90. The Morgan fingerprint density at radius 1 is 1.07 bits per heavy atom. The number of hydrogen-bond acceptors (Lipinski definition) is 4. The smallest absolute Gasteiger partial charge is 0.255 e. The van der Waals surface area contributed by atoms with Crippen molar-refractivity contribution >= 4 is 15.7 Å². The van der Waals surface area contributed by atoms with Crippen molar-refractivity contribution in [1.82, 2.24) is 15.1 Å². The summed E-state index contributed by atoms with van der Waals surface area (Å²) >= 11 is 0. The van der Waals surface area contributed by atoms with E-state index >= 15 is 0 Å². The normalized spacial score (nSPS) is 12.6. The van der Waals surface area contributed by atoms with E-state index < -0.39 is 9.84 Å². The first-order chi connectivity index (χ1) is 12.8. The zero-order chi connectivity index (χ0) is 19.6. The molecule has 1 unspecified atom stereocenters. The third-order valence-electron chi connectivity index (χ3n) is 4.41. The Morgan fingerprint density at radius 2 is 1.70 bits per heavy atom. The lowest BCUT2D eigenvalue weighted by Crippen LogP contribution is -2.27. The highest BCUT2D eigenvalue weighted by atomic mass is 32.2. The summed E-state index contributed by atoms with van der Waals surface area (Å²) in [6, 6.07) is 15.8. The number of nitrogens with zero attached hydrogens (tertiary/aromatic N) is 2. The minimum Gasteiger partial charge on any atom is -0.345 e. The summed E-state index contributed by atoms with van der Waals surface area (Å²) in [4.78, 5) is 12.9. The maximum atomic E-state index is 12.7. The van der Waals surface area contributed by atoms with Crippen molar-refractivity contribution in [2.45, 2.75) is 24.8 Å². The number of carbonyl (C=O) groups excluding carboxylic acids is 1. The Balaban J connectivity index is 1.77. The Kier molecular flexibility index (Phi) is 5.14. The molecule has 0 bridgehead atoms. The van der Waals surface area contributed by atoms with Crippen molar-refractivity contribution in [3.63, 3.8) is 0 Å². The Morgan fingerprint density at radius 3 is 2.30 bits per heavy atom. The molecule has 0 aliphatic carbocycles. The minimum absolute atomic E-state index is 0.227. The van der Waals surface area contributed by atoms with Crippen LogP contribution in [0.2, 0.25) is 0 Å². The minimum atomic E-state index is -3.24. The molecule has 6 nitrogen and oxygen atoms in total. The van der Waals surface area contributed by atoms with Gasteiger partial charge in [0.25, 0.3) is 5.91 Å². The van der Waals surface area contributed by atoms with E-state index in [9.17, 15) is 13.2 Å². The first kappa shape index (κ1) is 18.8. The van der Waals surface area contributed by atoms with E-state index in [1.165, 1.54) is 6.26 Å². The predicted molar refractivity (Wildman–Crippen MR) is 104 cm³/mol. The Hall–Kier alpha value is -2.93. The summed E-state index contributed by atoms with van der Waals surface area (Å²) in [5.41, 5.74) is 2.96. The molecule has 2 aromatic carbocycles. The van der Waals surface area contributed by atoms with Gasteiger partial charge in [0, 0.05) is 6.26 Å². The lowest BCUT2D eigenvalue weighted by molar-refractivity contribution is 0.0939. The van der Waals surface area contributed by atoms with Crippen molar-refractivity contribution in [2.75, 3.05) is 6.26 Å². The quantitative estimate of drug-likeness (QED) is 0.734. The molecule has 0 radical (unpaired) electrons. The number of para-hydroxylation sites is 1. The summed E-state index contributed by atoms with van der Waals surface area (Å²) in [6.45, 7) is 3.70. The second-order valence-corrected chi connectivity index (χ2v) is 8.44. The molecular weight excluding hydrogens is 362 g/mol. The fourth-order valence-corrected chi connectivity index (χ4v) is 3.45. The van der Waals surface area contributed by atoms with Crippen molar-refractivity contribution in [3.05, 3.63) is 77.6 Å². The van der Waals surface area contributed by atoms with E-state index in [4.69, 9.17) is 0 Å². The van der Waals surface area contributed by atoms with Crippen LogP contribution in [0, 0.1) is 6.92 Å². The van der Waals surface area contributed by atoms with Crippen molar-refractivity contribution in [1.29, 1.82) is 0 Å². The third kappa shape index (κ3) is 4.09. The number of benzene rings is 2. The van der Waals surface area contributed by atoms with Gasteiger partial charge >= 0.3 is 0 Å². The van der Waals surface area contributed by atoms with Crippen molar-refractivity contribution in [3.8, 4) is 5.69 Å². The van der Waals surface area contributed by atoms with E-state index in [1.807, 2.05) is 44.2 Å². The monoisotopic (exact) mass is 383 g/mol. The zero-order valence-corrected chi connectivity index (χ0v) is 16.2. The largest absolute Gasteiger partial charge is 0.345 e. The molecule has 140 valence electrons. The molecule has 1 atom stereocenters. The number of sulfone groups is 1. The lowest BCUT2D eigenvalue weighted by atomic mass is 10.1. The fraction of sp³-hybridized carbons (Fsp3) is 0.200. The van der Waals surface area contributed by atoms with Crippen LogP contribution in [-0.4, -0.2) is 30.4 Å². The first-order valence-corrected chi connectivity index (χ1v) is 10.4. The van der Waals surface area contributed by atoms with Crippen LogP contribution in [0.15, 0.2) is 65.7 Å². The fourth-order valence-electron chi connectivity index (χ4n) is 2.82. The molecule has 27 heavy (non-hydrogen) atoms. The number of nitrogens with one attached hydrogen (secondary N) is 1. The SMILES string of the molecule is Cc1c(C(=O)NC(C)c2ccc(S(C)(=O)=O)cc2)cnn1-c1ccccc1. The number of aromatic nitrogens is 2. The van der Waals surface area contributed by atoms with E-state index in [0.717, 1.165) is 16.9 Å². The van der Waals surface area contributed by atoms with Gasteiger partial charge < -0.3 is 5.32 Å². The van der Waals surface area contributed by atoms with Gasteiger partial charge in [-0.2, -0.15) is 5.10 Å². The first-order valence-electron chi connectivity index (χ1n) is 8.48. The lowest BCUT2D eigenvalue weighted by Gasteiger charge is -2.15. The van der Waals surface area contributed by atoms with Gasteiger partial charge in [-0.1, -0.05) is 30.3 Å². The van der Waals surface area contributed by atoms with Crippen LogP contribution in [0.1, 0.15) is 34.6 Å². The molecule has 1 N–H and O–H groups in total. The van der Waals surface area contributed by atoms with Gasteiger partial charge in [0.1, 0.15) is 0 Å². The molecule has 1 aromatic heterocycles. The number of rotatable bonds is 5. The van der Waals surface area contributed by atoms with E-state index in [1.54, 1.807) is 35.1 Å². The standard InChI is InChI=1S/C20H21N3O3S/c1-14(16-9-11-18(12-10-16)27(3,25)26)22-20(24)19-13-21-23(15(19)2)17-7-5-4-6-8-17/h4-14H,1-3H3,(H,22,24). The van der Waals surface area contributed by atoms with Crippen molar-refractivity contribution in [2.24, 2.45) is 0 Å². The summed E-state index contributed by atoms with van der Waals surface area (Å²) in [7, 11) is -3.24. The van der Waals surface area contributed by atoms with Crippen LogP contribution in [0.25, 0.3) is 5.69 Å². The average molecular weight is 383 g/mol. The highest BCUT2D eigenvalue weighted by Crippen LogP contribution is 2.18. The molecule has 0 spiro atoms. The van der Waals surface area contributed by atoms with Crippen LogP contribution in [0.3, 0.4) is 0 Å². The number of carbonyl (C=O) groups is 1. The van der Waals surface area contributed by atoms with Gasteiger partial charge in [0.15, 0.2) is 9.84 Å². The van der Waals surface area contributed by atoms with Crippen LogP contribution in [0.5, 0.6) is 0 Å². The molecule has 3 aromatic rings. The molecule has 0 fully saturated rings. The van der Waals surface area contributed by atoms with E-state index in [-0.39, 0.29) is 16.8 Å². The maximum absolute atomic E-state index is 12.7. The Bertz CT molecular complexity index is 1060. The average Bonchev–Trinajstić information content (AvgIpc) is 3.03. The van der Waals surface area contributed by atoms with E-state index in [0.29, 0.717) is 5.56 Å². The zero-order valence-electron chi connectivity index (χ0n) is 15.4. The topological polar surface area (TPSA) is 81.1 Å². The van der Waals surface area contributed by atoms with Gasteiger partial charge in [-0.3, -0.25) is 4.79 Å². The molecule has 3 rings (SSSR count). The van der Waals surface area contributed by atoms with Crippen LogP contribution in [0.4, 0.5) is 0 Å². The van der Waals surface area contributed by atoms with Crippen LogP contribution in [-0.2, 0) is 9.84 Å². The molecule has 0 saturated heterocycles. The summed E-state index contributed by atoms with van der Waals surface area (Å²) in [6.07, 6.45) is 2.72. The highest BCUT2D eigenvalue weighted by Gasteiger charge is 2.18. The van der Waals surface area contributed by atoms with Crippen LogP contribution < -0.4 is 5.32 Å². The molecule has 1 amide bonds. The molecule has 1 heterocycles. The van der Waals surface area contributed by atoms with Gasteiger partial charge in [-0.05, 0) is 43.7 Å². The second-order valence-electron chi connectivity index (χ2n) is 6.43. The number of amides is 1. The summed E-state index contributed by atoms with van der Waals surface area (Å²) in [5.74, 6) is -0.227. The molecule has 7 heteroatoms. The third-order valence-corrected chi connectivity index (χ3v) is 5.54. The van der Waals surface area contributed by atoms with Crippen molar-refractivity contribution < 1.29 is 13.2 Å². The molecular formula is C20H21N3O3S. The van der Waals surface area contributed by atoms with Gasteiger partial charge in [-0.25, -0.2) is 13.1 Å². The number of hydrogen-bond donors (Lipinski definition) is 1. The summed E-state index contributed by atoms with van der Waals surface area (Å²) in [5, 5.41) is 7.25. The second kappa shape index (κ2) is 7.36. The molecule has 0 aliphatic heterocycles. The van der Waals surface area contributed by atoms with Gasteiger partial charge in [0.2, 0.25) is 0 Å². The van der Waals surface area contributed by atoms with Gasteiger partial charge in [0.05, 0.1) is 34.1 Å². The van der Waals surface area contributed by atoms with Gasteiger partial charge in [-0.15, -0.1) is 0 Å². The summed E-state index contributed by atoms with van der Waals surface area (Å²) < 4.78 is 24.8. The Labute approximate surface area is 158 Å². The molecule has 0 saturated carbocycles.